The zero-order valence-electron chi connectivity index (χ0n) is 20.6. The molecule has 2 aliphatic heterocycles. The second kappa shape index (κ2) is 11.2. The predicted octanol–water partition coefficient (Wildman–Crippen LogP) is 2.85. The second-order valence-corrected chi connectivity index (χ2v) is 8.76. The first-order valence-electron chi connectivity index (χ1n) is 11.9. The van der Waals surface area contributed by atoms with E-state index in [1.807, 2.05) is 41.4 Å². The zero-order valence-corrected chi connectivity index (χ0v) is 20.6. The topological polar surface area (TPSA) is 86.7 Å². The highest BCUT2D eigenvalue weighted by Gasteiger charge is 2.24. The van der Waals surface area contributed by atoms with Crippen molar-refractivity contribution < 1.29 is 19.1 Å². The van der Waals surface area contributed by atoms with Gasteiger partial charge in [-0.15, -0.1) is 0 Å². The molecule has 0 bridgehead atoms. The third-order valence-electron chi connectivity index (χ3n) is 6.48. The molecule has 186 valence electrons. The molecule has 0 saturated carbocycles. The molecule has 0 aromatic heterocycles. The number of rotatable bonds is 8. The molecule has 2 aromatic carbocycles. The van der Waals surface area contributed by atoms with E-state index in [1.165, 1.54) is 0 Å². The normalized spacial score (nSPS) is 18.0. The second-order valence-electron chi connectivity index (χ2n) is 8.76. The van der Waals surface area contributed by atoms with Gasteiger partial charge in [-0.3, -0.25) is 19.5 Å². The third-order valence-corrected chi connectivity index (χ3v) is 6.48. The number of piperazine rings is 1. The number of nitrogens with zero attached hydrogens (tertiary/aromatic N) is 4. The molecule has 2 aromatic rings. The van der Waals surface area contributed by atoms with E-state index in [-0.39, 0.29) is 17.9 Å². The smallest absolute Gasteiger partial charge is 0.255 e. The van der Waals surface area contributed by atoms with Crippen LogP contribution in [0.5, 0.6) is 11.5 Å². The Morgan fingerprint density at radius 1 is 1.11 bits per heavy atom. The summed E-state index contributed by atoms with van der Waals surface area (Å²) in [5.41, 5.74) is 2.20. The van der Waals surface area contributed by atoms with E-state index in [1.54, 1.807) is 38.3 Å². The Morgan fingerprint density at radius 2 is 1.91 bits per heavy atom. The van der Waals surface area contributed by atoms with Crippen molar-refractivity contribution >= 4 is 23.7 Å². The number of carbonyl (C=O) groups is 2. The summed E-state index contributed by atoms with van der Waals surface area (Å²) in [4.78, 5) is 28.5. The van der Waals surface area contributed by atoms with Crippen LogP contribution in [0.2, 0.25) is 0 Å². The Bertz CT molecular complexity index is 1080. The van der Waals surface area contributed by atoms with Gasteiger partial charge in [-0.25, -0.2) is 0 Å². The Morgan fingerprint density at radius 3 is 2.60 bits per heavy atom. The maximum Gasteiger partial charge on any atom is 0.255 e. The standard InChI is InChI=1S/C26H33N5O4/c1-19(32)31-13-11-30(12-14-31)15-16-35-25-8-7-21(18-23(25)24-9-10-27-29(24)2)28-26(33)20-5-4-6-22(17-20)34-3/h4-8,10,17-18,24H,9,11-16H2,1-3H3,(H,28,33). The molecule has 1 atom stereocenters. The van der Waals surface area contributed by atoms with Gasteiger partial charge in [0.05, 0.1) is 13.2 Å². The summed E-state index contributed by atoms with van der Waals surface area (Å²) in [6, 6.07) is 12.8. The van der Waals surface area contributed by atoms with Crippen LogP contribution in [0.25, 0.3) is 0 Å². The van der Waals surface area contributed by atoms with Crippen molar-refractivity contribution in [3.63, 3.8) is 0 Å². The van der Waals surface area contributed by atoms with Crippen molar-refractivity contribution in [2.75, 3.05) is 58.8 Å². The SMILES string of the molecule is COc1cccc(C(=O)Nc2ccc(OCCN3CCN(C(C)=O)CC3)c(C3CC=NN3C)c2)c1. The van der Waals surface area contributed by atoms with Crippen LogP contribution >= 0.6 is 0 Å². The number of methoxy groups -OCH3 is 1. The van der Waals surface area contributed by atoms with Gasteiger partial charge >= 0.3 is 0 Å². The van der Waals surface area contributed by atoms with Crippen molar-refractivity contribution in [3.05, 3.63) is 53.6 Å². The van der Waals surface area contributed by atoms with Crippen molar-refractivity contribution in [1.29, 1.82) is 0 Å². The maximum absolute atomic E-state index is 12.8. The van der Waals surface area contributed by atoms with Gasteiger partial charge in [-0.05, 0) is 36.4 Å². The first-order valence-corrected chi connectivity index (χ1v) is 11.9. The maximum atomic E-state index is 12.8. The first-order chi connectivity index (χ1) is 16.9. The molecule has 2 heterocycles. The van der Waals surface area contributed by atoms with Crippen LogP contribution in [0.3, 0.4) is 0 Å². The minimum Gasteiger partial charge on any atom is -0.497 e. The summed E-state index contributed by atoms with van der Waals surface area (Å²) in [5, 5.41) is 9.28. The van der Waals surface area contributed by atoms with Crippen LogP contribution in [0.4, 0.5) is 5.69 Å². The van der Waals surface area contributed by atoms with E-state index in [9.17, 15) is 9.59 Å². The van der Waals surface area contributed by atoms with Crippen LogP contribution < -0.4 is 14.8 Å². The van der Waals surface area contributed by atoms with Gasteiger partial charge in [0.15, 0.2) is 0 Å². The molecule has 1 fully saturated rings. The molecule has 0 spiro atoms. The number of hydrogen-bond acceptors (Lipinski definition) is 7. The van der Waals surface area contributed by atoms with Crippen LogP contribution in [0, 0.1) is 0 Å². The van der Waals surface area contributed by atoms with Gasteiger partial charge in [0.25, 0.3) is 5.91 Å². The number of benzene rings is 2. The number of hydrazone groups is 1. The van der Waals surface area contributed by atoms with Gasteiger partial charge < -0.3 is 19.7 Å². The lowest BCUT2D eigenvalue weighted by atomic mass is 10.0. The summed E-state index contributed by atoms with van der Waals surface area (Å²) < 4.78 is 11.4. The molecular formula is C26H33N5O4. The van der Waals surface area contributed by atoms with Crippen LogP contribution in [-0.4, -0.2) is 86.3 Å². The molecule has 4 rings (SSSR count). The predicted molar refractivity (Wildman–Crippen MR) is 135 cm³/mol. The lowest BCUT2D eigenvalue weighted by molar-refractivity contribution is -0.130. The molecule has 0 radical (unpaired) electrons. The van der Waals surface area contributed by atoms with Gasteiger partial charge in [0.1, 0.15) is 18.1 Å². The lowest BCUT2D eigenvalue weighted by Crippen LogP contribution is -2.48. The fourth-order valence-electron chi connectivity index (χ4n) is 4.39. The number of anilines is 1. The summed E-state index contributed by atoms with van der Waals surface area (Å²) in [6.45, 7) is 6.16. The third kappa shape index (κ3) is 6.10. The summed E-state index contributed by atoms with van der Waals surface area (Å²) in [7, 11) is 3.52. The number of ether oxygens (including phenoxy) is 2. The Hall–Kier alpha value is -3.59. The van der Waals surface area contributed by atoms with Crippen LogP contribution in [-0.2, 0) is 4.79 Å². The Kier molecular flexibility index (Phi) is 7.87. The highest BCUT2D eigenvalue weighted by atomic mass is 16.5. The molecule has 1 N–H and O–H groups in total. The van der Waals surface area contributed by atoms with E-state index in [0.717, 1.165) is 50.5 Å². The van der Waals surface area contributed by atoms with E-state index < -0.39 is 0 Å². The van der Waals surface area contributed by atoms with Crippen molar-refractivity contribution in [3.8, 4) is 11.5 Å². The number of amides is 2. The Balaban J connectivity index is 1.42. The summed E-state index contributed by atoms with van der Waals surface area (Å²) in [6.07, 6.45) is 2.66. The van der Waals surface area contributed by atoms with Gasteiger partial charge in [0.2, 0.25) is 5.91 Å². The van der Waals surface area contributed by atoms with E-state index in [0.29, 0.717) is 23.6 Å². The van der Waals surface area contributed by atoms with Crippen LogP contribution in [0.15, 0.2) is 47.6 Å². The molecule has 9 heteroatoms. The summed E-state index contributed by atoms with van der Waals surface area (Å²) >= 11 is 0. The highest BCUT2D eigenvalue weighted by molar-refractivity contribution is 6.04. The average Bonchev–Trinajstić information content (AvgIpc) is 3.30. The molecule has 2 amide bonds. The highest BCUT2D eigenvalue weighted by Crippen LogP contribution is 2.35. The molecule has 1 saturated heterocycles. The molecule has 9 nitrogen and oxygen atoms in total. The fraction of sp³-hybridized carbons (Fsp3) is 0.423. The largest absolute Gasteiger partial charge is 0.497 e. The molecular weight excluding hydrogens is 446 g/mol. The fourth-order valence-corrected chi connectivity index (χ4v) is 4.39. The van der Waals surface area contributed by atoms with E-state index in [4.69, 9.17) is 9.47 Å². The molecule has 0 aliphatic carbocycles. The molecule has 1 unspecified atom stereocenters. The lowest BCUT2D eigenvalue weighted by Gasteiger charge is -2.34. The van der Waals surface area contributed by atoms with Crippen molar-refractivity contribution in [2.45, 2.75) is 19.4 Å². The van der Waals surface area contributed by atoms with Gasteiger partial charge in [-0.2, -0.15) is 5.10 Å². The quantitative estimate of drug-likeness (QED) is 0.627. The summed E-state index contributed by atoms with van der Waals surface area (Å²) in [5.74, 6) is 1.35. The average molecular weight is 480 g/mol. The molecule has 2 aliphatic rings. The monoisotopic (exact) mass is 479 g/mol. The van der Waals surface area contributed by atoms with E-state index in [2.05, 4.69) is 15.3 Å². The van der Waals surface area contributed by atoms with Gasteiger partial charge in [0, 0.05) is 76.1 Å². The van der Waals surface area contributed by atoms with E-state index >= 15 is 0 Å². The molecule has 35 heavy (non-hydrogen) atoms. The Labute approximate surface area is 206 Å². The minimum absolute atomic E-state index is 0.0396. The number of carbonyl (C=O) groups excluding carboxylic acids is 2. The first kappa shape index (κ1) is 24.5. The van der Waals surface area contributed by atoms with Crippen molar-refractivity contribution in [2.24, 2.45) is 5.10 Å². The van der Waals surface area contributed by atoms with Crippen molar-refractivity contribution in [1.82, 2.24) is 14.8 Å². The van der Waals surface area contributed by atoms with Gasteiger partial charge in [-0.1, -0.05) is 6.07 Å². The minimum atomic E-state index is -0.204. The van der Waals surface area contributed by atoms with Crippen LogP contribution in [0.1, 0.15) is 35.3 Å². The zero-order chi connectivity index (χ0) is 24.8. The number of hydrogen-bond donors (Lipinski definition) is 1. The number of nitrogens with one attached hydrogen (secondary N) is 1.